The third-order valence-corrected chi connectivity index (χ3v) is 12.2. The SMILES string of the molecule is CN(C)c1ccc(C(=CC2=CC(=O)C(=O)c3ccccc32)c2ccc(N(C)C)cc2)cc1.Cc1ccc(N=C2C(=Nc3ccc(C)cc3)c3ccccc3-c3ccccc32)cc1.[C-]#[N+]C([S-])=C([S-])[N+]#[C-].[Ni+2].[Ni]. The summed E-state index contributed by atoms with van der Waals surface area (Å²) in [5, 5.41) is -0.231. The van der Waals surface area contributed by atoms with E-state index in [0.29, 0.717) is 5.56 Å². The molecule has 0 aromatic heterocycles. The molecule has 0 saturated heterocycles. The number of hydrogen-bond donors (Lipinski definition) is 0. The fourth-order valence-electron chi connectivity index (χ4n) is 7.76. The second-order valence-corrected chi connectivity index (χ2v) is 17.6. The van der Waals surface area contributed by atoms with Crippen LogP contribution >= 0.6 is 0 Å². The number of carbonyl (C=O) groups excluding carboxylic acids is 2. The second kappa shape index (κ2) is 25.5. The number of ketones is 2. The van der Waals surface area contributed by atoms with Gasteiger partial charge in [0.15, 0.2) is 0 Å². The number of fused-ring (bicyclic) bond motifs is 4. The van der Waals surface area contributed by atoms with E-state index in [9.17, 15) is 9.59 Å². The van der Waals surface area contributed by atoms with Crippen LogP contribution in [0.4, 0.5) is 22.7 Å². The smallest absolute Gasteiger partial charge is 0.826 e. The van der Waals surface area contributed by atoms with Crippen molar-refractivity contribution in [2.45, 2.75) is 13.8 Å². The summed E-state index contributed by atoms with van der Waals surface area (Å²) in [7, 11) is 8.05. The number of nitrogens with zero attached hydrogens (tertiary/aromatic N) is 6. The molecule has 362 valence electrons. The first-order valence-corrected chi connectivity index (χ1v) is 23.1. The third kappa shape index (κ3) is 13.2. The minimum atomic E-state index is -0.486. The van der Waals surface area contributed by atoms with Gasteiger partial charge in [-0.2, -0.15) is 0 Å². The molecular formula is C60H48N6Ni2O2S2. The van der Waals surface area contributed by atoms with Crippen molar-refractivity contribution in [1.82, 2.24) is 0 Å². The summed E-state index contributed by atoms with van der Waals surface area (Å²) in [6, 6.07) is 57.5. The van der Waals surface area contributed by atoms with E-state index in [0.717, 1.165) is 73.1 Å². The molecule has 0 aliphatic heterocycles. The number of aliphatic imine (C=N–C) groups is 2. The molecule has 0 atom stereocenters. The maximum absolute atomic E-state index is 12.4. The quantitative estimate of drug-likeness (QED) is 0.0685. The molecule has 9 rings (SSSR count). The van der Waals surface area contributed by atoms with Gasteiger partial charge >= 0.3 is 16.5 Å². The summed E-state index contributed by atoms with van der Waals surface area (Å²) >= 11 is 8.74. The van der Waals surface area contributed by atoms with Crippen LogP contribution in [0.2, 0.25) is 0 Å². The molecule has 72 heavy (non-hydrogen) atoms. The van der Waals surface area contributed by atoms with Crippen LogP contribution in [0.15, 0.2) is 202 Å². The Hall–Kier alpha value is -7.55. The van der Waals surface area contributed by atoms with Crippen molar-refractivity contribution >= 4 is 82.1 Å². The molecule has 0 fully saturated rings. The van der Waals surface area contributed by atoms with Crippen LogP contribution < -0.4 is 9.80 Å². The van der Waals surface area contributed by atoms with Gasteiger partial charge in [0.25, 0.3) is 0 Å². The Kier molecular flexibility index (Phi) is 19.6. The molecule has 0 N–H and O–H groups in total. The Morgan fingerprint density at radius 1 is 0.500 bits per heavy atom. The van der Waals surface area contributed by atoms with Crippen LogP contribution in [0.25, 0.3) is 32.0 Å². The normalized spacial score (nSPS) is 13.1. The summed E-state index contributed by atoms with van der Waals surface area (Å²) in [6.07, 6.45) is 3.46. The van der Waals surface area contributed by atoms with E-state index in [1.807, 2.05) is 46.4 Å². The second-order valence-electron chi connectivity index (χ2n) is 16.8. The van der Waals surface area contributed by atoms with E-state index in [2.05, 4.69) is 204 Å². The van der Waals surface area contributed by atoms with Crippen molar-refractivity contribution in [3.63, 3.8) is 0 Å². The Labute approximate surface area is 454 Å². The van der Waals surface area contributed by atoms with Gasteiger partial charge in [-0.3, -0.25) is 19.3 Å². The molecule has 7 aromatic rings. The number of rotatable bonds is 7. The van der Waals surface area contributed by atoms with Gasteiger partial charge < -0.3 is 35.1 Å². The number of carbonyl (C=O) groups is 2. The third-order valence-electron chi connectivity index (χ3n) is 11.5. The van der Waals surface area contributed by atoms with Crippen LogP contribution in [-0.2, 0) is 63.0 Å². The summed E-state index contributed by atoms with van der Waals surface area (Å²) in [4.78, 5) is 44.6. The van der Waals surface area contributed by atoms with E-state index >= 15 is 0 Å². The molecule has 0 bridgehead atoms. The van der Waals surface area contributed by atoms with Gasteiger partial charge in [-0.1, -0.05) is 132 Å². The predicted molar refractivity (Wildman–Crippen MR) is 294 cm³/mol. The summed E-state index contributed by atoms with van der Waals surface area (Å²) in [5.41, 5.74) is 18.0. The van der Waals surface area contributed by atoms with Crippen LogP contribution in [-0.4, -0.2) is 51.2 Å². The van der Waals surface area contributed by atoms with Crippen LogP contribution in [0.5, 0.6) is 0 Å². The number of allylic oxidation sites excluding steroid dienone is 3. The fraction of sp³-hybridized carbons (Fsp3) is 0.100. The average Bonchev–Trinajstić information content (AvgIpc) is 3.39. The van der Waals surface area contributed by atoms with Gasteiger partial charge in [0, 0.05) is 82.8 Å². The van der Waals surface area contributed by atoms with Crippen molar-refractivity contribution in [2.24, 2.45) is 9.98 Å². The number of benzene rings is 7. The van der Waals surface area contributed by atoms with Gasteiger partial charge in [-0.05, 0) is 113 Å². The van der Waals surface area contributed by atoms with Crippen molar-refractivity contribution in [1.29, 1.82) is 0 Å². The zero-order valence-corrected chi connectivity index (χ0v) is 43.9. The molecule has 12 heteroatoms. The maximum Gasteiger partial charge on any atom is 2.00 e. The summed E-state index contributed by atoms with van der Waals surface area (Å²) < 4.78 is 0. The molecule has 2 aliphatic rings. The molecule has 0 heterocycles. The minimum absolute atomic E-state index is 0. The topological polar surface area (TPSA) is 74.1 Å². The van der Waals surface area contributed by atoms with E-state index in [1.54, 1.807) is 12.1 Å². The van der Waals surface area contributed by atoms with Crippen LogP contribution in [0.3, 0.4) is 0 Å². The molecule has 7 aromatic carbocycles. The molecule has 0 spiro atoms. The predicted octanol–water partition coefficient (Wildman–Crippen LogP) is 13.4. The summed E-state index contributed by atoms with van der Waals surface area (Å²) in [5.74, 6) is -0.940. The van der Waals surface area contributed by atoms with Crippen molar-refractivity contribution in [3.8, 4) is 11.1 Å². The standard InChI is InChI=1S/C28H26N2O2.C28H22N2.C4H2N2S2.2Ni/c1-29(2)22-13-9-19(10-14-22)26(20-11-15-23(16-12-20)30(3)4)17-21-18-27(31)28(32)25-8-6-5-7-24(21)25;1-19-11-15-21(16-12-19)29-27-25-9-5-3-7-23(25)24-8-4-6-10-26(24)28(27)30-22-17-13-20(2)14-18-22;1-5-3(7)4(8)6-2;;/h5-18H,1-4H3;3-18H,1-2H3;7-8H;;/q;;;;+2/p-2. The van der Waals surface area contributed by atoms with Crippen LogP contribution in [0.1, 0.15) is 49.3 Å². The zero-order valence-electron chi connectivity index (χ0n) is 40.3. The van der Waals surface area contributed by atoms with E-state index in [4.69, 9.17) is 23.1 Å². The maximum atomic E-state index is 12.4. The van der Waals surface area contributed by atoms with E-state index < -0.39 is 11.6 Å². The Balaban J connectivity index is 0.000000227. The number of hydrogen-bond acceptors (Lipinski definition) is 8. The molecule has 0 unspecified atom stereocenters. The van der Waals surface area contributed by atoms with Gasteiger partial charge in [0.05, 0.1) is 35.9 Å². The first-order valence-electron chi connectivity index (χ1n) is 22.3. The largest absolute Gasteiger partial charge is 2.00 e. The van der Waals surface area contributed by atoms with Crippen LogP contribution in [0, 0.1) is 27.0 Å². The van der Waals surface area contributed by atoms with Crippen molar-refractivity contribution < 1.29 is 42.6 Å². The van der Waals surface area contributed by atoms with Gasteiger partial charge in [-0.15, -0.1) is 0 Å². The molecule has 0 amide bonds. The van der Waals surface area contributed by atoms with Gasteiger partial charge in [-0.25, -0.2) is 9.98 Å². The molecule has 8 nitrogen and oxygen atoms in total. The first kappa shape index (κ1) is 55.4. The van der Waals surface area contributed by atoms with Gasteiger partial charge in [0.2, 0.25) is 11.6 Å². The molecule has 0 radical (unpaired) electrons. The first-order chi connectivity index (χ1) is 33.8. The van der Waals surface area contributed by atoms with Gasteiger partial charge in [0.1, 0.15) is 0 Å². The number of aryl methyl sites for hydroxylation is 2. The van der Waals surface area contributed by atoms with E-state index in [1.165, 1.54) is 28.3 Å². The fourth-order valence-corrected chi connectivity index (χ4v) is 7.85. The minimum Gasteiger partial charge on any atom is -0.826 e. The molecular weight excluding hydrogens is 1020 g/mol. The Morgan fingerprint density at radius 3 is 1.21 bits per heavy atom. The monoisotopic (exact) mass is 1060 g/mol. The number of Topliss-reactive ketones (excluding diaryl/α,β-unsaturated/α-hetero) is 1. The van der Waals surface area contributed by atoms with Crippen molar-refractivity contribution in [3.05, 3.63) is 259 Å². The average molecular weight is 1070 g/mol. The zero-order chi connectivity index (χ0) is 49.9. The number of anilines is 2. The molecule has 2 aliphatic carbocycles. The van der Waals surface area contributed by atoms with Crippen molar-refractivity contribution in [2.75, 3.05) is 38.0 Å². The molecule has 0 saturated carbocycles. The summed E-state index contributed by atoms with van der Waals surface area (Å²) in [6.45, 7) is 16.8. The Bertz CT molecular complexity index is 3170. The Morgan fingerprint density at radius 2 is 0.847 bits per heavy atom. The van der Waals surface area contributed by atoms with E-state index in [-0.39, 0.29) is 43.0 Å².